The van der Waals surface area contributed by atoms with Gasteiger partial charge in [0.25, 0.3) is 5.69 Å². The van der Waals surface area contributed by atoms with E-state index in [0.29, 0.717) is 13.1 Å². The van der Waals surface area contributed by atoms with Crippen molar-refractivity contribution >= 4 is 11.6 Å². The molecular weight excluding hydrogens is 260 g/mol. The van der Waals surface area contributed by atoms with Gasteiger partial charge in [0.15, 0.2) is 0 Å². The summed E-state index contributed by atoms with van der Waals surface area (Å²) in [5, 5.41) is 13.8. The highest BCUT2D eigenvalue weighted by atomic mass is 16.6. The standard InChI is InChI=1S/C13H18N4O3/c1-15(2)7-8-16-12(18)9-14-13(16)10-3-5-11(6-4-10)17(19)20/h3-6,13-14H,7-9H2,1-2H3. The van der Waals surface area contributed by atoms with E-state index in [1.165, 1.54) is 12.1 Å². The SMILES string of the molecule is CN(C)CCN1C(=O)CNC1c1ccc([N+](=O)[O-])cc1. The zero-order valence-electron chi connectivity index (χ0n) is 11.6. The van der Waals surface area contributed by atoms with Crippen LogP contribution in [0.2, 0.25) is 0 Å². The van der Waals surface area contributed by atoms with Crippen LogP contribution in [-0.4, -0.2) is 54.4 Å². The average Bonchev–Trinajstić information content (AvgIpc) is 2.77. The molecule has 1 aromatic carbocycles. The highest BCUT2D eigenvalue weighted by Crippen LogP contribution is 2.24. The van der Waals surface area contributed by atoms with Crippen molar-refractivity contribution in [1.29, 1.82) is 0 Å². The van der Waals surface area contributed by atoms with Crippen LogP contribution < -0.4 is 5.32 Å². The number of rotatable bonds is 5. The van der Waals surface area contributed by atoms with Crippen LogP contribution in [0.4, 0.5) is 5.69 Å². The molecule has 0 aliphatic carbocycles. The van der Waals surface area contributed by atoms with Crippen molar-refractivity contribution in [2.45, 2.75) is 6.17 Å². The molecule has 7 heteroatoms. The maximum Gasteiger partial charge on any atom is 0.269 e. The Bertz CT molecular complexity index is 501. The third-order valence-electron chi connectivity index (χ3n) is 3.29. The first-order valence-electron chi connectivity index (χ1n) is 6.41. The van der Waals surface area contributed by atoms with Crippen LogP contribution in [0.1, 0.15) is 11.7 Å². The Labute approximate surface area is 117 Å². The first-order valence-corrected chi connectivity index (χ1v) is 6.41. The van der Waals surface area contributed by atoms with Gasteiger partial charge >= 0.3 is 0 Å². The van der Waals surface area contributed by atoms with Gasteiger partial charge < -0.3 is 9.80 Å². The summed E-state index contributed by atoms with van der Waals surface area (Å²) in [6, 6.07) is 6.31. The Balaban J connectivity index is 2.13. The predicted octanol–water partition coefficient (Wildman–Crippen LogP) is 0.587. The minimum Gasteiger partial charge on any atom is -0.321 e. The molecule has 0 aromatic heterocycles. The number of nitrogens with one attached hydrogen (secondary N) is 1. The van der Waals surface area contributed by atoms with E-state index in [-0.39, 0.29) is 17.8 Å². The van der Waals surface area contributed by atoms with Crippen molar-refractivity contribution in [3.05, 3.63) is 39.9 Å². The van der Waals surface area contributed by atoms with Crippen molar-refractivity contribution in [3.63, 3.8) is 0 Å². The second kappa shape index (κ2) is 5.98. The van der Waals surface area contributed by atoms with Crippen molar-refractivity contribution in [3.8, 4) is 0 Å². The quantitative estimate of drug-likeness (QED) is 0.630. The summed E-state index contributed by atoms with van der Waals surface area (Å²) in [4.78, 5) is 25.9. The smallest absolute Gasteiger partial charge is 0.269 e. The van der Waals surface area contributed by atoms with Crippen molar-refractivity contribution < 1.29 is 9.72 Å². The summed E-state index contributed by atoms with van der Waals surface area (Å²) in [5.41, 5.74) is 0.915. The lowest BCUT2D eigenvalue weighted by Crippen LogP contribution is -2.36. The highest BCUT2D eigenvalue weighted by Gasteiger charge is 2.31. The summed E-state index contributed by atoms with van der Waals surface area (Å²) in [6.45, 7) is 1.70. The number of carbonyl (C=O) groups excluding carboxylic acids is 1. The van der Waals surface area contributed by atoms with Gasteiger partial charge in [-0.25, -0.2) is 0 Å². The normalized spacial score (nSPS) is 18.9. The number of nitro groups is 1. The van der Waals surface area contributed by atoms with Crippen LogP contribution in [0.25, 0.3) is 0 Å². The molecule has 7 nitrogen and oxygen atoms in total. The van der Waals surface area contributed by atoms with E-state index in [4.69, 9.17) is 0 Å². The van der Waals surface area contributed by atoms with Gasteiger partial charge in [0.1, 0.15) is 6.17 Å². The lowest BCUT2D eigenvalue weighted by Gasteiger charge is -2.26. The number of carbonyl (C=O) groups is 1. The molecule has 0 saturated carbocycles. The molecule has 1 saturated heterocycles. The number of hydrogen-bond donors (Lipinski definition) is 1. The summed E-state index contributed by atoms with van der Waals surface area (Å²) in [6.07, 6.45) is -0.205. The molecule has 1 fully saturated rings. The maximum atomic E-state index is 11.9. The molecule has 0 spiro atoms. The van der Waals surface area contributed by atoms with Gasteiger partial charge in [-0.2, -0.15) is 0 Å². The lowest BCUT2D eigenvalue weighted by atomic mass is 10.1. The number of nitro benzene ring substituents is 1. The number of hydrogen-bond acceptors (Lipinski definition) is 5. The van der Waals surface area contributed by atoms with Crippen LogP contribution in [0, 0.1) is 10.1 Å². The first-order chi connectivity index (χ1) is 9.49. The number of nitrogens with zero attached hydrogens (tertiary/aromatic N) is 3. The van der Waals surface area contributed by atoms with Crippen molar-refractivity contribution in [2.24, 2.45) is 0 Å². The summed E-state index contributed by atoms with van der Waals surface area (Å²) in [5.74, 6) is 0.0511. The Morgan fingerprint density at radius 2 is 2.05 bits per heavy atom. The Morgan fingerprint density at radius 3 is 2.60 bits per heavy atom. The van der Waals surface area contributed by atoms with Gasteiger partial charge in [0.2, 0.25) is 5.91 Å². The zero-order chi connectivity index (χ0) is 14.7. The van der Waals surface area contributed by atoms with E-state index < -0.39 is 4.92 Å². The summed E-state index contributed by atoms with van der Waals surface area (Å²) < 4.78 is 0. The lowest BCUT2D eigenvalue weighted by molar-refractivity contribution is -0.384. The molecule has 1 unspecified atom stereocenters. The number of benzene rings is 1. The summed E-state index contributed by atoms with van der Waals surface area (Å²) >= 11 is 0. The van der Waals surface area contributed by atoms with E-state index in [2.05, 4.69) is 5.32 Å². The van der Waals surface area contributed by atoms with Crippen molar-refractivity contribution in [1.82, 2.24) is 15.1 Å². The fourth-order valence-electron chi connectivity index (χ4n) is 2.18. The summed E-state index contributed by atoms with van der Waals surface area (Å²) in [7, 11) is 3.91. The van der Waals surface area contributed by atoms with Crippen LogP contribution in [0.5, 0.6) is 0 Å². The minimum atomic E-state index is -0.430. The highest BCUT2D eigenvalue weighted by molar-refractivity contribution is 5.81. The second-order valence-electron chi connectivity index (χ2n) is 5.02. The third kappa shape index (κ3) is 3.12. The van der Waals surface area contributed by atoms with Crippen LogP contribution >= 0.6 is 0 Å². The fourth-order valence-corrected chi connectivity index (χ4v) is 2.18. The fraction of sp³-hybridized carbons (Fsp3) is 0.462. The molecule has 1 aliphatic heterocycles. The molecule has 1 aliphatic rings. The number of non-ortho nitro benzene ring substituents is 1. The molecule has 1 N–H and O–H groups in total. The van der Waals surface area contributed by atoms with E-state index in [9.17, 15) is 14.9 Å². The zero-order valence-corrected chi connectivity index (χ0v) is 11.6. The average molecular weight is 278 g/mol. The minimum absolute atomic E-state index is 0.0511. The topological polar surface area (TPSA) is 78.7 Å². The Hall–Kier alpha value is -1.99. The second-order valence-corrected chi connectivity index (χ2v) is 5.02. The van der Waals surface area contributed by atoms with Gasteiger partial charge in [-0.1, -0.05) is 0 Å². The molecule has 1 atom stereocenters. The molecular formula is C13H18N4O3. The molecule has 0 radical (unpaired) electrons. The van der Waals surface area contributed by atoms with Crippen LogP contribution in [-0.2, 0) is 4.79 Å². The molecule has 2 rings (SSSR count). The molecule has 20 heavy (non-hydrogen) atoms. The van der Waals surface area contributed by atoms with Crippen LogP contribution in [0.3, 0.4) is 0 Å². The molecule has 1 amide bonds. The van der Waals surface area contributed by atoms with E-state index in [0.717, 1.165) is 12.1 Å². The Kier molecular flexibility index (Phi) is 4.31. The monoisotopic (exact) mass is 278 g/mol. The largest absolute Gasteiger partial charge is 0.321 e. The molecule has 0 bridgehead atoms. The number of likely N-dealkylation sites (N-methyl/N-ethyl adjacent to an activating group) is 1. The molecule has 1 aromatic rings. The molecule has 1 heterocycles. The van der Waals surface area contributed by atoms with E-state index in [1.807, 2.05) is 19.0 Å². The predicted molar refractivity (Wildman–Crippen MR) is 74.1 cm³/mol. The third-order valence-corrected chi connectivity index (χ3v) is 3.29. The number of amides is 1. The Morgan fingerprint density at radius 1 is 1.40 bits per heavy atom. The van der Waals surface area contributed by atoms with E-state index >= 15 is 0 Å². The van der Waals surface area contributed by atoms with Crippen LogP contribution in [0.15, 0.2) is 24.3 Å². The van der Waals surface area contributed by atoms with Gasteiger partial charge in [-0.05, 0) is 31.8 Å². The van der Waals surface area contributed by atoms with Gasteiger partial charge in [0, 0.05) is 25.2 Å². The van der Waals surface area contributed by atoms with Gasteiger partial charge in [-0.15, -0.1) is 0 Å². The van der Waals surface area contributed by atoms with E-state index in [1.54, 1.807) is 17.0 Å². The van der Waals surface area contributed by atoms with Crippen molar-refractivity contribution in [2.75, 3.05) is 33.7 Å². The molecule has 108 valence electrons. The first kappa shape index (κ1) is 14.4. The maximum absolute atomic E-state index is 11.9. The van der Waals surface area contributed by atoms with Gasteiger partial charge in [-0.3, -0.25) is 20.2 Å². The van der Waals surface area contributed by atoms with Gasteiger partial charge in [0.05, 0.1) is 11.5 Å².